The fourth-order valence-electron chi connectivity index (χ4n) is 3.14. The average Bonchev–Trinajstić information content (AvgIpc) is 2.95. The summed E-state index contributed by atoms with van der Waals surface area (Å²) in [5.41, 5.74) is 0.898. The van der Waals surface area contributed by atoms with Crippen LogP contribution in [0.15, 0.2) is 28.1 Å². The Balaban J connectivity index is 1.75. The third-order valence-electron chi connectivity index (χ3n) is 4.37. The number of amides is 1. The van der Waals surface area contributed by atoms with Crippen molar-refractivity contribution in [2.45, 2.75) is 58.1 Å². The number of rotatable bonds is 5. The molecule has 1 N–H and O–H groups in total. The normalized spacial score (nSPS) is 21.5. The van der Waals surface area contributed by atoms with Gasteiger partial charge in [0.05, 0.1) is 24.2 Å². The lowest BCUT2D eigenvalue weighted by molar-refractivity contribution is -0.115. The number of nitrogens with zero attached hydrogens (tertiary/aromatic N) is 1. The Labute approximate surface area is 159 Å². The summed E-state index contributed by atoms with van der Waals surface area (Å²) in [4.78, 5) is 17.6. The van der Waals surface area contributed by atoms with Crippen molar-refractivity contribution in [1.82, 2.24) is 5.32 Å². The maximum Gasteiger partial charge on any atom is 0.264 e. The number of hydrogen-bond donors (Lipinski definition) is 1. The Morgan fingerprint density at radius 3 is 2.69 bits per heavy atom. The SMILES string of the molecule is COc1cc(/C=C2\SC(=NC3CCCCC3)NC2=O)ccc1OC(C)C. The van der Waals surface area contributed by atoms with Gasteiger partial charge in [0.25, 0.3) is 5.91 Å². The first kappa shape index (κ1) is 18.8. The zero-order chi connectivity index (χ0) is 18.5. The van der Waals surface area contributed by atoms with Crippen molar-refractivity contribution < 1.29 is 14.3 Å². The van der Waals surface area contributed by atoms with Gasteiger partial charge in [0, 0.05) is 0 Å². The van der Waals surface area contributed by atoms with Gasteiger partial charge in [0.15, 0.2) is 16.7 Å². The van der Waals surface area contributed by atoms with Crippen LogP contribution in [0, 0.1) is 0 Å². The molecule has 0 unspecified atom stereocenters. The van der Waals surface area contributed by atoms with Gasteiger partial charge in [-0.15, -0.1) is 0 Å². The van der Waals surface area contributed by atoms with E-state index in [1.54, 1.807) is 7.11 Å². The fourth-order valence-corrected chi connectivity index (χ4v) is 4.03. The number of thioether (sulfide) groups is 1. The van der Waals surface area contributed by atoms with Crippen molar-refractivity contribution in [3.8, 4) is 11.5 Å². The number of benzene rings is 1. The second kappa shape index (κ2) is 8.62. The quantitative estimate of drug-likeness (QED) is 0.777. The maximum absolute atomic E-state index is 12.3. The maximum atomic E-state index is 12.3. The molecule has 6 heteroatoms. The van der Waals surface area contributed by atoms with Crippen LogP contribution in [0.3, 0.4) is 0 Å². The highest BCUT2D eigenvalue weighted by Crippen LogP contribution is 2.32. The molecule has 0 bridgehead atoms. The second-order valence-electron chi connectivity index (χ2n) is 6.87. The summed E-state index contributed by atoms with van der Waals surface area (Å²) >= 11 is 1.41. The molecule has 0 atom stereocenters. The summed E-state index contributed by atoms with van der Waals surface area (Å²) in [6, 6.07) is 6.03. The molecule has 0 aromatic heterocycles. The minimum atomic E-state index is -0.0916. The minimum Gasteiger partial charge on any atom is -0.493 e. The Morgan fingerprint density at radius 1 is 1.23 bits per heavy atom. The number of carbonyl (C=O) groups excluding carboxylic acids is 1. The van der Waals surface area contributed by atoms with E-state index in [0.29, 0.717) is 22.4 Å². The van der Waals surface area contributed by atoms with E-state index >= 15 is 0 Å². The van der Waals surface area contributed by atoms with Gasteiger partial charge in [-0.1, -0.05) is 25.3 Å². The monoisotopic (exact) mass is 374 g/mol. The smallest absolute Gasteiger partial charge is 0.264 e. The van der Waals surface area contributed by atoms with E-state index in [2.05, 4.69) is 5.32 Å². The summed E-state index contributed by atoms with van der Waals surface area (Å²) in [6.45, 7) is 3.95. The average molecular weight is 375 g/mol. The third kappa shape index (κ3) is 4.81. The molecule has 1 saturated heterocycles. The molecule has 0 spiro atoms. The van der Waals surface area contributed by atoms with Gasteiger partial charge in [0.1, 0.15) is 0 Å². The molecule has 1 aliphatic heterocycles. The molecular formula is C20H26N2O3S. The van der Waals surface area contributed by atoms with Crippen LogP contribution in [0.4, 0.5) is 0 Å². The predicted octanol–water partition coefficient (Wildman–Crippen LogP) is 4.38. The van der Waals surface area contributed by atoms with Gasteiger partial charge in [-0.05, 0) is 62.2 Å². The molecule has 2 aliphatic rings. The Kier molecular flexibility index (Phi) is 6.25. The van der Waals surface area contributed by atoms with Gasteiger partial charge in [0.2, 0.25) is 0 Å². The van der Waals surface area contributed by atoms with E-state index in [4.69, 9.17) is 14.5 Å². The first-order valence-electron chi connectivity index (χ1n) is 9.18. The highest BCUT2D eigenvalue weighted by atomic mass is 32.2. The Morgan fingerprint density at radius 2 is 2.00 bits per heavy atom. The van der Waals surface area contributed by atoms with Crippen molar-refractivity contribution in [2.24, 2.45) is 4.99 Å². The summed E-state index contributed by atoms with van der Waals surface area (Å²) in [5, 5.41) is 3.61. The molecule has 1 saturated carbocycles. The molecule has 3 rings (SSSR count). The standard InChI is InChI=1S/C20H26N2O3S/c1-13(2)25-16-10-9-14(11-17(16)24-3)12-18-19(23)22-20(26-18)21-15-7-5-4-6-8-15/h9-13,15H,4-8H2,1-3H3,(H,21,22,23)/b18-12-. The number of hydrogen-bond acceptors (Lipinski definition) is 5. The zero-order valence-corrected chi connectivity index (χ0v) is 16.4. The highest BCUT2D eigenvalue weighted by Gasteiger charge is 2.25. The molecule has 1 heterocycles. The Hall–Kier alpha value is -1.95. The van der Waals surface area contributed by atoms with E-state index in [-0.39, 0.29) is 12.0 Å². The Bertz CT molecular complexity index is 722. The first-order valence-corrected chi connectivity index (χ1v) is 10.00. The summed E-state index contributed by atoms with van der Waals surface area (Å²) in [7, 11) is 1.62. The number of methoxy groups -OCH3 is 1. The molecular weight excluding hydrogens is 348 g/mol. The molecule has 2 fully saturated rings. The van der Waals surface area contributed by atoms with Crippen LogP contribution in [-0.2, 0) is 4.79 Å². The van der Waals surface area contributed by atoms with Crippen LogP contribution in [0.25, 0.3) is 6.08 Å². The summed E-state index contributed by atoms with van der Waals surface area (Å²) < 4.78 is 11.1. The molecule has 140 valence electrons. The molecule has 26 heavy (non-hydrogen) atoms. The van der Waals surface area contributed by atoms with Crippen molar-refractivity contribution in [3.63, 3.8) is 0 Å². The van der Waals surface area contributed by atoms with Crippen molar-refractivity contribution in [1.29, 1.82) is 0 Å². The predicted molar refractivity (Wildman–Crippen MR) is 107 cm³/mol. The van der Waals surface area contributed by atoms with E-state index in [0.717, 1.165) is 23.6 Å². The number of amidine groups is 1. The van der Waals surface area contributed by atoms with E-state index in [9.17, 15) is 4.79 Å². The second-order valence-corrected chi connectivity index (χ2v) is 7.90. The van der Waals surface area contributed by atoms with E-state index < -0.39 is 0 Å². The van der Waals surface area contributed by atoms with Crippen LogP contribution in [0.5, 0.6) is 11.5 Å². The van der Waals surface area contributed by atoms with Crippen LogP contribution < -0.4 is 14.8 Å². The lowest BCUT2D eigenvalue weighted by Crippen LogP contribution is -2.22. The van der Waals surface area contributed by atoms with E-state index in [1.165, 1.54) is 31.0 Å². The van der Waals surface area contributed by atoms with Crippen LogP contribution in [0.1, 0.15) is 51.5 Å². The lowest BCUT2D eigenvalue weighted by Gasteiger charge is -2.17. The fraction of sp³-hybridized carbons (Fsp3) is 0.500. The van der Waals surface area contributed by atoms with E-state index in [1.807, 2.05) is 38.1 Å². The highest BCUT2D eigenvalue weighted by molar-refractivity contribution is 8.18. The van der Waals surface area contributed by atoms with Crippen LogP contribution >= 0.6 is 11.8 Å². The largest absolute Gasteiger partial charge is 0.493 e. The number of carbonyl (C=O) groups is 1. The van der Waals surface area contributed by atoms with Gasteiger partial charge in [-0.25, -0.2) is 0 Å². The van der Waals surface area contributed by atoms with Gasteiger partial charge < -0.3 is 14.8 Å². The van der Waals surface area contributed by atoms with Crippen molar-refractivity contribution in [3.05, 3.63) is 28.7 Å². The van der Waals surface area contributed by atoms with Crippen molar-refractivity contribution >= 4 is 28.9 Å². The zero-order valence-electron chi connectivity index (χ0n) is 15.6. The molecule has 1 amide bonds. The topological polar surface area (TPSA) is 59.9 Å². The van der Waals surface area contributed by atoms with Crippen LogP contribution in [-0.4, -0.2) is 30.3 Å². The minimum absolute atomic E-state index is 0.0721. The van der Waals surface area contributed by atoms with Gasteiger partial charge in [-0.3, -0.25) is 9.79 Å². The summed E-state index contributed by atoms with van der Waals surface area (Å²) in [5.74, 6) is 1.27. The van der Waals surface area contributed by atoms with Crippen LogP contribution in [0.2, 0.25) is 0 Å². The van der Waals surface area contributed by atoms with Crippen molar-refractivity contribution in [2.75, 3.05) is 7.11 Å². The third-order valence-corrected chi connectivity index (χ3v) is 5.30. The van der Waals surface area contributed by atoms with Gasteiger partial charge in [-0.2, -0.15) is 0 Å². The summed E-state index contributed by atoms with van der Waals surface area (Å²) in [6.07, 6.45) is 7.93. The van der Waals surface area contributed by atoms with Gasteiger partial charge >= 0.3 is 0 Å². The molecule has 5 nitrogen and oxygen atoms in total. The number of ether oxygens (including phenoxy) is 2. The molecule has 1 aromatic rings. The first-order chi connectivity index (χ1) is 12.5. The number of aliphatic imine (C=N–C) groups is 1. The number of nitrogens with one attached hydrogen (secondary N) is 1. The molecule has 1 aromatic carbocycles. The molecule has 1 aliphatic carbocycles. The molecule has 0 radical (unpaired) electrons. The lowest BCUT2D eigenvalue weighted by atomic mass is 9.96.